The monoisotopic (exact) mass is 279 g/mol. The van der Waals surface area contributed by atoms with E-state index in [1.165, 1.54) is 11.2 Å². The van der Waals surface area contributed by atoms with Gasteiger partial charge in [-0.3, -0.25) is 4.79 Å². The number of carbonyl (C=O) groups excluding carboxylic acids is 1. The van der Waals surface area contributed by atoms with Crippen LogP contribution in [0.25, 0.3) is 0 Å². The van der Waals surface area contributed by atoms with E-state index in [0.29, 0.717) is 36.6 Å². The molecular formula is C15H21NO4. The molecule has 0 saturated carbocycles. The van der Waals surface area contributed by atoms with Gasteiger partial charge in [-0.1, -0.05) is 20.3 Å². The van der Waals surface area contributed by atoms with E-state index < -0.39 is 12.0 Å². The van der Waals surface area contributed by atoms with Crippen LogP contribution in [-0.2, 0) is 11.2 Å². The third-order valence-corrected chi connectivity index (χ3v) is 4.13. The summed E-state index contributed by atoms with van der Waals surface area (Å²) in [5.41, 5.74) is 0.494. The Bertz CT molecular complexity index is 494. The first-order valence-electron chi connectivity index (χ1n) is 7.18. The number of hydrogen-bond donors (Lipinski definition) is 1. The lowest BCUT2D eigenvalue weighted by Gasteiger charge is -2.36. The third-order valence-electron chi connectivity index (χ3n) is 4.13. The highest BCUT2D eigenvalue weighted by atomic mass is 16.4. The zero-order valence-electron chi connectivity index (χ0n) is 12.0. The van der Waals surface area contributed by atoms with Crippen molar-refractivity contribution in [3.05, 3.63) is 23.7 Å². The van der Waals surface area contributed by atoms with Crippen LogP contribution in [0.5, 0.6) is 0 Å². The molecule has 0 radical (unpaired) electrons. The number of piperidine rings is 1. The van der Waals surface area contributed by atoms with Gasteiger partial charge < -0.3 is 14.4 Å². The van der Waals surface area contributed by atoms with Gasteiger partial charge in [0.2, 0.25) is 0 Å². The Morgan fingerprint density at radius 1 is 1.45 bits per heavy atom. The Labute approximate surface area is 118 Å². The van der Waals surface area contributed by atoms with Gasteiger partial charge >= 0.3 is 5.97 Å². The first-order valence-corrected chi connectivity index (χ1v) is 7.18. The van der Waals surface area contributed by atoms with Gasteiger partial charge in [0.1, 0.15) is 11.8 Å². The highest BCUT2D eigenvalue weighted by molar-refractivity contribution is 5.97. The molecule has 1 N–H and O–H groups in total. The Morgan fingerprint density at radius 2 is 2.20 bits per heavy atom. The zero-order valence-corrected chi connectivity index (χ0v) is 12.0. The number of amides is 1. The van der Waals surface area contributed by atoms with Crippen molar-refractivity contribution < 1.29 is 19.1 Å². The minimum absolute atomic E-state index is 0.224. The number of furan rings is 1. The van der Waals surface area contributed by atoms with Crippen molar-refractivity contribution in [3.63, 3.8) is 0 Å². The van der Waals surface area contributed by atoms with E-state index in [1.807, 2.05) is 6.92 Å². The second-order valence-electron chi connectivity index (χ2n) is 5.26. The summed E-state index contributed by atoms with van der Waals surface area (Å²) in [7, 11) is 0. The second-order valence-corrected chi connectivity index (χ2v) is 5.26. The van der Waals surface area contributed by atoms with E-state index in [4.69, 9.17) is 4.42 Å². The normalized spacial score (nSPS) is 22.8. The number of hydrogen-bond acceptors (Lipinski definition) is 3. The van der Waals surface area contributed by atoms with Gasteiger partial charge in [-0.05, 0) is 24.8 Å². The average molecular weight is 279 g/mol. The van der Waals surface area contributed by atoms with E-state index in [0.717, 1.165) is 12.8 Å². The van der Waals surface area contributed by atoms with Crippen LogP contribution in [0, 0.1) is 5.92 Å². The van der Waals surface area contributed by atoms with Crippen molar-refractivity contribution in [2.45, 2.75) is 45.6 Å². The molecule has 2 unspecified atom stereocenters. The molecule has 110 valence electrons. The first kappa shape index (κ1) is 14.6. The maximum atomic E-state index is 12.6. The van der Waals surface area contributed by atoms with Gasteiger partial charge in [-0.2, -0.15) is 0 Å². The number of aryl methyl sites for hydroxylation is 1. The predicted octanol–water partition coefficient (Wildman–Crippen LogP) is 2.56. The number of aliphatic carboxylic acids is 1. The Hall–Kier alpha value is -1.78. The van der Waals surface area contributed by atoms with Crippen LogP contribution in [0.2, 0.25) is 0 Å². The summed E-state index contributed by atoms with van der Waals surface area (Å²) in [6, 6.07) is 0.909. The van der Waals surface area contributed by atoms with Gasteiger partial charge in [-0.25, -0.2) is 4.79 Å². The summed E-state index contributed by atoms with van der Waals surface area (Å²) in [4.78, 5) is 25.5. The number of likely N-dealkylation sites (tertiary alicyclic amines) is 1. The summed E-state index contributed by atoms with van der Waals surface area (Å²) in [6.45, 7) is 4.47. The molecule has 5 heteroatoms. The molecule has 1 aliphatic heterocycles. The van der Waals surface area contributed by atoms with E-state index >= 15 is 0 Å². The highest BCUT2D eigenvalue weighted by Crippen LogP contribution is 2.27. The molecule has 20 heavy (non-hydrogen) atoms. The van der Waals surface area contributed by atoms with Gasteiger partial charge in [0.25, 0.3) is 5.91 Å². The topological polar surface area (TPSA) is 70.8 Å². The van der Waals surface area contributed by atoms with Crippen LogP contribution in [0.15, 0.2) is 16.7 Å². The predicted molar refractivity (Wildman–Crippen MR) is 73.6 cm³/mol. The summed E-state index contributed by atoms with van der Waals surface area (Å²) < 4.78 is 5.27. The molecule has 0 spiro atoms. The van der Waals surface area contributed by atoms with Gasteiger partial charge in [0, 0.05) is 13.0 Å². The number of carbonyl (C=O) groups is 2. The van der Waals surface area contributed by atoms with Gasteiger partial charge in [-0.15, -0.1) is 0 Å². The SMILES string of the molecule is CCc1occc1C(=O)N1CCC(CC)CC1C(=O)O. The fourth-order valence-electron chi connectivity index (χ4n) is 2.85. The largest absolute Gasteiger partial charge is 0.480 e. The quantitative estimate of drug-likeness (QED) is 0.919. The van der Waals surface area contributed by atoms with Crippen molar-refractivity contribution in [1.82, 2.24) is 4.90 Å². The number of carboxylic acids is 1. The summed E-state index contributed by atoms with van der Waals surface area (Å²) in [5.74, 6) is -0.137. The molecule has 1 aromatic rings. The van der Waals surface area contributed by atoms with Crippen LogP contribution in [0.3, 0.4) is 0 Å². The highest BCUT2D eigenvalue weighted by Gasteiger charge is 2.36. The average Bonchev–Trinajstić information content (AvgIpc) is 2.94. The summed E-state index contributed by atoms with van der Waals surface area (Å²) in [5, 5.41) is 9.38. The van der Waals surface area contributed by atoms with Crippen molar-refractivity contribution >= 4 is 11.9 Å². The second kappa shape index (κ2) is 6.11. The molecule has 2 heterocycles. The van der Waals surface area contributed by atoms with Crippen LogP contribution in [0.1, 0.15) is 49.2 Å². The van der Waals surface area contributed by atoms with Crippen LogP contribution < -0.4 is 0 Å². The number of carboxylic acid groups (broad SMARTS) is 1. The Balaban J connectivity index is 2.21. The zero-order chi connectivity index (χ0) is 14.7. The lowest BCUT2D eigenvalue weighted by molar-refractivity contribution is -0.144. The molecule has 2 atom stereocenters. The Kier molecular flexibility index (Phi) is 4.47. The maximum absolute atomic E-state index is 12.6. The van der Waals surface area contributed by atoms with Crippen LogP contribution in [-0.4, -0.2) is 34.5 Å². The van der Waals surface area contributed by atoms with Crippen molar-refractivity contribution in [3.8, 4) is 0 Å². The Morgan fingerprint density at radius 3 is 2.80 bits per heavy atom. The molecule has 1 fully saturated rings. The minimum atomic E-state index is -0.918. The van der Waals surface area contributed by atoms with Crippen LogP contribution >= 0.6 is 0 Å². The van der Waals surface area contributed by atoms with E-state index in [-0.39, 0.29) is 5.91 Å². The van der Waals surface area contributed by atoms with Crippen LogP contribution in [0.4, 0.5) is 0 Å². The lowest BCUT2D eigenvalue weighted by atomic mass is 9.88. The molecular weight excluding hydrogens is 258 g/mol. The fourth-order valence-corrected chi connectivity index (χ4v) is 2.85. The van der Waals surface area contributed by atoms with E-state index in [2.05, 4.69) is 6.92 Å². The smallest absolute Gasteiger partial charge is 0.326 e. The number of rotatable bonds is 4. The van der Waals surface area contributed by atoms with E-state index in [1.54, 1.807) is 6.07 Å². The van der Waals surface area contributed by atoms with Gasteiger partial charge in [0.05, 0.1) is 11.8 Å². The van der Waals surface area contributed by atoms with Crippen molar-refractivity contribution in [2.75, 3.05) is 6.54 Å². The summed E-state index contributed by atoms with van der Waals surface area (Å²) in [6.07, 6.45) is 4.47. The lowest BCUT2D eigenvalue weighted by Crippen LogP contribution is -2.50. The van der Waals surface area contributed by atoms with Crippen molar-refractivity contribution in [2.24, 2.45) is 5.92 Å². The molecule has 0 aromatic carbocycles. The maximum Gasteiger partial charge on any atom is 0.326 e. The van der Waals surface area contributed by atoms with Gasteiger partial charge in [0.15, 0.2) is 0 Å². The third kappa shape index (κ3) is 2.71. The molecule has 5 nitrogen and oxygen atoms in total. The van der Waals surface area contributed by atoms with Crippen molar-refractivity contribution in [1.29, 1.82) is 0 Å². The first-order chi connectivity index (χ1) is 9.58. The number of nitrogens with zero attached hydrogens (tertiary/aromatic N) is 1. The minimum Gasteiger partial charge on any atom is -0.480 e. The molecule has 1 aromatic heterocycles. The molecule has 0 bridgehead atoms. The fraction of sp³-hybridized carbons (Fsp3) is 0.600. The standard InChI is InChI=1S/C15H21NO4/c1-3-10-5-7-16(12(9-10)15(18)19)14(17)11-6-8-20-13(11)4-2/h6,8,10,12H,3-5,7,9H2,1-2H3,(H,18,19). The summed E-state index contributed by atoms with van der Waals surface area (Å²) >= 11 is 0. The molecule has 1 amide bonds. The molecule has 0 aliphatic carbocycles. The van der Waals surface area contributed by atoms with E-state index in [9.17, 15) is 14.7 Å². The molecule has 1 saturated heterocycles. The molecule has 1 aliphatic rings. The molecule has 2 rings (SSSR count).